The Hall–Kier alpha value is -4.57. The van der Waals surface area contributed by atoms with Crippen LogP contribution in [0.4, 0.5) is 5.69 Å². The molecule has 1 aliphatic heterocycles. The molecule has 196 valence electrons. The molecule has 0 radical (unpaired) electrons. The number of hydrogen-bond acceptors (Lipinski definition) is 8. The summed E-state index contributed by atoms with van der Waals surface area (Å²) in [6.45, 7) is 0.405. The van der Waals surface area contributed by atoms with Crippen LogP contribution >= 0.6 is 0 Å². The van der Waals surface area contributed by atoms with E-state index in [0.717, 1.165) is 0 Å². The summed E-state index contributed by atoms with van der Waals surface area (Å²) in [5, 5.41) is 22.5. The first kappa shape index (κ1) is 26.5. The summed E-state index contributed by atoms with van der Waals surface area (Å²) in [6, 6.07) is 20.9. The van der Waals surface area contributed by atoms with E-state index in [0.29, 0.717) is 46.9 Å². The minimum atomic E-state index is -1.66. The predicted octanol–water partition coefficient (Wildman–Crippen LogP) is 4.40. The minimum Gasteiger partial charge on any atom is -0.497 e. The number of hydroxylamine groups is 1. The number of carbonyl (C=O) groups is 1. The Morgan fingerprint density at radius 3 is 2.66 bits per heavy atom. The van der Waals surface area contributed by atoms with Gasteiger partial charge in [-0.25, -0.2) is 10.5 Å². The molecule has 3 aromatic rings. The Morgan fingerprint density at radius 1 is 1.16 bits per heavy atom. The number of aliphatic imine (C=N–C) groups is 1. The molecule has 3 aromatic carbocycles. The SMILES string of the molecule is COc1cccc([C@@H]2OC(c3ccc(OCCCO)cc3)=N[C@]2(Cc2ccccc2N=[N+]=[N-])C(=O)NO)c1. The Balaban J connectivity index is 1.81. The quantitative estimate of drug-likeness (QED) is 0.0854. The number of rotatable bonds is 11. The molecule has 4 rings (SSSR count). The number of carbonyl (C=O) groups excluding carboxylic acids is 1. The lowest BCUT2D eigenvalue weighted by Crippen LogP contribution is -2.49. The van der Waals surface area contributed by atoms with Crippen LogP contribution in [0.15, 0.2) is 82.9 Å². The number of amides is 1. The van der Waals surface area contributed by atoms with Crippen molar-refractivity contribution in [3.8, 4) is 11.5 Å². The normalized spacial score (nSPS) is 18.1. The smallest absolute Gasteiger partial charge is 0.275 e. The molecule has 0 aliphatic carbocycles. The highest BCUT2D eigenvalue weighted by Gasteiger charge is 2.53. The van der Waals surface area contributed by atoms with Crippen molar-refractivity contribution in [3.63, 3.8) is 0 Å². The highest BCUT2D eigenvalue weighted by Crippen LogP contribution is 2.44. The average Bonchev–Trinajstić information content (AvgIpc) is 3.34. The number of nitrogens with one attached hydrogen (secondary N) is 1. The molecule has 1 amide bonds. The van der Waals surface area contributed by atoms with Crippen molar-refractivity contribution in [1.29, 1.82) is 0 Å². The van der Waals surface area contributed by atoms with E-state index in [1.807, 2.05) is 0 Å². The second-order valence-electron chi connectivity index (χ2n) is 8.50. The van der Waals surface area contributed by atoms with Gasteiger partial charge in [-0.1, -0.05) is 41.5 Å². The van der Waals surface area contributed by atoms with Gasteiger partial charge in [0.05, 0.1) is 13.7 Å². The monoisotopic (exact) mass is 517 g/mol. The number of aliphatic hydroxyl groups excluding tert-OH is 1. The van der Waals surface area contributed by atoms with Gasteiger partial charge in [0.1, 0.15) is 11.5 Å². The van der Waals surface area contributed by atoms with Gasteiger partial charge in [0.2, 0.25) is 5.90 Å². The van der Waals surface area contributed by atoms with E-state index in [1.165, 1.54) is 7.11 Å². The van der Waals surface area contributed by atoms with Crippen LogP contribution in [0.2, 0.25) is 0 Å². The minimum absolute atomic E-state index is 0.0339. The highest BCUT2D eigenvalue weighted by atomic mass is 16.5. The first-order chi connectivity index (χ1) is 18.5. The summed E-state index contributed by atoms with van der Waals surface area (Å²) in [5.74, 6) is 0.550. The van der Waals surface area contributed by atoms with Crippen LogP contribution < -0.4 is 15.0 Å². The van der Waals surface area contributed by atoms with E-state index in [1.54, 1.807) is 78.3 Å². The summed E-state index contributed by atoms with van der Waals surface area (Å²) in [4.78, 5) is 21.0. The van der Waals surface area contributed by atoms with Gasteiger partial charge >= 0.3 is 0 Å². The van der Waals surface area contributed by atoms with Gasteiger partial charge in [-0.05, 0) is 53.1 Å². The van der Waals surface area contributed by atoms with Crippen LogP contribution in [-0.4, -0.2) is 48.0 Å². The third kappa shape index (κ3) is 5.55. The van der Waals surface area contributed by atoms with Crippen molar-refractivity contribution >= 4 is 17.5 Å². The van der Waals surface area contributed by atoms with E-state index in [-0.39, 0.29) is 18.9 Å². The second-order valence-corrected chi connectivity index (χ2v) is 8.50. The Kier molecular flexibility index (Phi) is 8.44. The number of hydrogen-bond donors (Lipinski definition) is 3. The number of azide groups is 1. The van der Waals surface area contributed by atoms with Gasteiger partial charge in [-0.3, -0.25) is 10.0 Å². The molecule has 3 N–H and O–H groups in total. The van der Waals surface area contributed by atoms with Crippen LogP contribution in [0.1, 0.15) is 29.2 Å². The number of ether oxygens (including phenoxy) is 3. The summed E-state index contributed by atoms with van der Waals surface area (Å²) < 4.78 is 17.3. The molecule has 0 unspecified atom stereocenters. The summed E-state index contributed by atoms with van der Waals surface area (Å²) >= 11 is 0. The van der Waals surface area contributed by atoms with Gasteiger partial charge in [-0.2, -0.15) is 0 Å². The maximum absolute atomic E-state index is 13.4. The fourth-order valence-corrected chi connectivity index (χ4v) is 4.28. The molecule has 0 saturated heterocycles. The van der Waals surface area contributed by atoms with Crippen molar-refractivity contribution < 1.29 is 29.3 Å². The molecule has 38 heavy (non-hydrogen) atoms. The van der Waals surface area contributed by atoms with E-state index in [4.69, 9.17) is 29.8 Å². The molecule has 0 spiro atoms. The van der Waals surface area contributed by atoms with Crippen LogP contribution in [0, 0.1) is 0 Å². The fraction of sp³-hybridized carbons (Fsp3) is 0.259. The third-order valence-corrected chi connectivity index (χ3v) is 6.13. The van der Waals surface area contributed by atoms with E-state index in [9.17, 15) is 10.0 Å². The lowest BCUT2D eigenvalue weighted by atomic mass is 9.81. The van der Waals surface area contributed by atoms with Crippen LogP contribution in [0.25, 0.3) is 10.4 Å². The van der Waals surface area contributed by atoms with Gasteiger partial charge in [0.25, 0.3) is 5.91 Å². The topological polar surface area (TPSA) is 158 Å². The molecule has 1 aliphatic rings. The van der Waals surface area contributed by atoms with Crippen molar-refractivity contribution in [3.05, 3.63) is 99.9 Å². The predicted molar refractivity (Wildman–Crippen MR) is 139 cm³/mol. The zero-order valence-corrected chi connectivity index (χ0v) is 20.7. The maximum Gasteiger partial charge on any atom is 0.275 e. The highest BCUT2D eigenvalue weighted by molar-refractivity contribution is 6.01. The molecule has 11 nitrogen and oxygen atoms in total. The third-order valence-electron chi connectivity index (χ3n) is 6.13. The number of benzene rings is 3. The first-order valence-electron chi connectivity index (χ1n) is 11.9. The largest absolute Gasteiger partial charge is 0.497 e. The second kappa shape index (κ2) is 12.1. The molecule has 0 aromatic heterocycles. The van der Waals surface area contributed by atoms with Crippen molar-refractivity contribution in [1.82, 2.24) is 5.48 Å². The average molecular weight is 518 g/mol. The van der Waals surface area contributed by atoms with Crippen molar-refractivity contribution in [2.45, 2.75) is 24.5 Å². The number of nitrogens with zero attached hydrogens (tertiary/aromatic N) is 4. The zero-order chi connectivity index (χ0) is 27.0. The molecule has 0 bridgehead atoms. The lowest BCUT2D eigenvalue weighted by Gasteiger charge is -2.30. The van der Waals surface area contributed by atoms with Crippen LogP contribution in [0.5, 0.6) is 11.5 Å². The molecular weight excluding hydrogens is 490 g/mol. The number of methoxy groups -OCH3 is 1. The fourth-order valence-electron chi connectivity index (χ4n) is 4.28. The lowest BCUT2D eigenvalue weighted by molar-refractivity contribution is -0.137. The summed E-state index contributed by atoms with van der Waals surface area (Å²) in [6.07, 6.45) is -0.488. The number of aliphatic hydroxyl groups is 1. The first-order valence-corrected chi connectivity index (χ1v) is 11.9. The molecule has 11 heteroatoms. The standard InChI is InChI=1S/C27H27N5O6/c1-36-22-8-4-7-19(16-22)24-27(26(34)31-35,17-20-6-2-3-9-23(20)30-32-28)29-25(38-24)18-10-12-21(13-11-18)37-15-5-14-33/h2-4,6-13,16,24,33,35H,5,14-15,17H2,1H3,(H,31,34)/t24-,27-/m0/s1. The van der Waals surface area contributed by atoms with Gasteiger partial charge in [0.15, 0.2) is 11.6 Å². The van der Waals surface area contributed by atoms with Gasteiger partial charge in [-0.15, -0.1) is 0 Å². The van der Waals surface area contributed by atoms with Crippen LogP contribution in [0.3, 0.4) is 0 Å². The summed E-state index contributed by atoms with van der Waals surface area (Å²) in [5.41, 5.74) is 11.2. The molecule has 0 fully saturated rings. The van der Waals surface area contributed by atoms with Crippen molar-refractivity contribution in [2.75, 3.05) is 20.3 Å². The van der Waals surface area contributed by atoms with E-state index >= 15 is 0 Å². The molecule has 0 saturated carbocycles. The Morgan fingerprint density at radius 2 is 1.95 bits per heavy atom. The zero-order valence-electron chi connectivity index (χ0n) is 20.7. The molecule has 1 heterocycles. The van der Waals surface area contributed by atoms with Crippen molar-refractivity contribution in [2.24, 2.45) is 10.1 Å². The molecule has 2 atom stereocenters. The molecular formula is C27H27N5O6. The van der Waals surface area contributed by atoms with Gasteiger partial charge < -0.3 is 19.3 Å². The van der Waals surface area contributed by atoms with E-state index < -0.39 is 17.6 Å². The maximum atomic E-state index is 13.4. The van der Waals surface area contributed by atoms with E-state index in [2.05, 4.69) is 10.0 Å². The van der Waals surface area contributed by atoms with Gasteiger partial charge in [0, 0.05) is 35.6 Å². The Labute approximate surface area is 218 Å². The van der Waals surface area contributed by atoms with Crippen LogP contribution in [-0.2, 0) is 16.0 Å². The summed E-state index contributed by atoms with van der Waals surface area (Å²) in [7, 11) is 1.53. The Bertz CT molecular complexity index is 1360.